The lowest BCUT2D eigenvalue weighted by Gasteiger charge is -2.15. The van der Waals surface area contributed by atoms with Crippen LogP contribution in [0.2, 0.25) is 0 Å². The van der Waals surface area contributed by atoms with Gasteiger partial charge in [0.2, 0.25) is 0 Å². The highest BCUT2D eigenvalue weighted by Gasteiger charge is 2.17. The highest BCUT2D eigenvalue weighted by molar-refractivity contribution is 14.1. The number of aromatic hydroxyl groups is 1. The van der Waals surface area contributed by atoms with E-state index in [4.69, 9.17) is 15.6 Å². The smallest absolute Gasteiger partial charge is 0.320 e. The standard InChI is InChI=1S/C15H11I4NO4/c16-7-1-2-11(12(19)13(7)21)24-14-8(17)3-6(4-9(14)18)5-10(20)15(22)23/h1-4,10,21H,5,20H2,(H,22,23). The number of phenols is 1. The summed E-state index contributed by atoms with van der Waals surface area (Å²) in [5.41, 5.74) is 6.43. The second-order valence-corrected chi connectivity index (χ2v) is 9.41. The fourth-order valence-corrected chi connectivity index (χ4v) is 5.54. The molecule has 0 radical (unpaired) electrons. The summed E-state index contributed by atoms with van der Waals surface area (Å²) in [6.07, 6.45) is 0.253. The maximum atomic E-state index is 10.9. The van der Waals surface area contributed by atoms with Crippen molar-refractivity contribution in [2.45, 2.75) is 12.5 Å². The summed E-state index contributed by atoms with van der Waals surface area (Å²) in [5, 5.41) is 19.0. The fraction of sp³-hybridized carbons (Fsp3) is 0.133. The van der Waals surface area contributed by atoms with E-state index in [0.717, 1.165) is 16.3 Å². The molecule has 0 saturated carbocycles. The highest BCUT2D eigenvalue weighted by Crippen LogP contribution is 2.39. The molecule has 128 valence electrons. The Morgan fingerprint density at radius 3 is 2.25 bits per heavy atom. The summed E-state index contributed by atoms with van der Waals surface area (Å²) in [5.74, 6) is 0.411. The van der Waals surface area contributed by atoms with Crippen molar-refractivity contribution in [3.63, 3.8) is 0 Å². The van der Waals surface area contributed by atoms with Crippen molar-refractivity contribution in [2.24, 2.45) is 5.73 Å². The Balaban J connectivity index is 2.32. The van der Waals surface area contributed by atoms with Crippen LogP contribution in [-0.2, 0) is 11.2 Å². The normalized spacial score (nSPS) is 12.0. The number of benzene rings is 2. The van der Waals surface area contributed by atoms with Crippen LogP contribution in [0.5, 0.6) is 17.2 Å². The molecule has 0 heterocycles. The minimum absolute atomic E-state index is 0.197. The molecule has 9 heteroatoms. The number of halogens is 4. The van der Waals surface area contributed by atoms with Gasteiger partial charge in [-0.1, -0.05) is 0 Å². The first kappa shape index (κ1) is 20.7. The average Bonchev–Trinajstić information content (AvgIpc) is 2.50. The third-order valence-electron chi connectivity index (χ3n) is 3.07. The monoisotopic (exact) mass is 777 g/mol. The van der Waals surface area contributed by atoms with E-state index in [1.165, 1.54) is 0 Å². The lowest BCUT2D eigenvalue weighted by atomic mass is 10.1. The van der Waals surface area contributed by atoms with Crippen LogP contribution in [0.3, 0.4) is 0 Å². The summed E-state index contributed by atoms with van der Waals surface area (Å²) in [4.78, 5) is 10.9. The first-order valence-electron chi connectivity index (χ1n) is 6.51. The number of carboxylic acids is 1. The minimum Gasteiger partial charge on any atom is -0.506 e. The van der Waals surface area contributed by atoms with Gasteiger partial charge >= 0.3 is 5.97 Å². The van der Waals surface area contributed by atoms with Gasteiger partial charge in [-0.3, -0.25) is 4.79 Å². The molecule has 2 aromatic carbocycles. The Morgan fingerprint density at radius 2 is 1.71 bits per heavy atom. The summed E-state index contributed by atoms with van der Waals surface area (Å²) < 4.78 is 9.07. The van der Waals surface area contributed by atoms with Crippen LogP contribution in [0.4, 0.5) is 0 Å². The molecule has 0 aromatic heterocycles. The largest absolute Gasteiger partial charge is 0.506 e. The van der Waals surface area contributed by atoms with Crippen molar-refractivity contribution in [1.82, 2.24) is 0 Å². The molecule has 0 fully saturated rings. The second-order valence-electron chi connectivity index (χ2n) is 4.85. The third-order valence-corrected chi connectivity index (χ3v) is 6.59. The molecule has 2 rings (SSSR count). The Kier molecular flexibility index (Phi) is 7.64. The SMILES string of the molecule is NC(Cc1cc(I)c(Oc2ccc(I)c(O)c2I)c(I)c1)C(=O)O. The van der Waals surface area contributed by atoms with Gasteiger partial charge in [0.15, 0.2) is 5.75 Å². The van der Waals surface area contributed by atoms with Gasteiger partial charge in [0.25, 0.3) is 0 Å². The number of carbonyl (C=O) groups is 1. The number of rotatable bonds is 5. The first-order chi connectivity index (χ1) is 11.2. The van der Waals surface area contributed by atoms with Gasteiger partial charge in [-0.25, -0.2) is 0 Å². The summed E-state index contributed by atoms with van der Waals surface area (Å²) in [6, 6.07) is 6.38. The number of nitrogens with two attached hydrogens (primary N) is 1. The zero-order valence-electron chi connectivity index (χ0n) is 11.9. The van der Waals surface area contributed by atoms with Crippen molar-refractivity contribution in [2.75, 3.05) is 0 Å². The first-order valence-corrected chi connectivity index (χ1v) is 10.8. The predicted molar refractivity (Wildman–Crippen MR) is 125 cm³/mol. The molecular weight excluding hydrogens is 766 g/mol. The van der Waals surface area contributed by atoms with E-state index >= 15 is 0 Å². The molecule has 0 aliphatic carbocycles. The van der Waals surface area contributed by atoms with Crippen molar-refractivity contribution in [3.05, 3.63) is 44.1 Å². The van der Waals surface area contributed by atoms with Crippen molar-refractivity contribution in [3.8, 4) is 17.2 Å². The molecule has 1 atom stereocenters. The number of hydrogen-bond acceptors (Lipinski definition) is 4. The zero-order chi connectivity index (χ0) is 18.0. The maximum Gasteiger partial charge on any atom is 0.320 e. The number of carboxylic acid groups (broad SMARTS) is 1. The van der Waals surface area contributed by atoms with Gasteiger partial charge < -0.3 is 20.7 Å². The molecule has 5 nitrogen and oxygen atoms in total. The number of ether oxygens (including phenoxy) is 1. The number of aliphatic carboxylic acids is 1. The topological polar surface area (TPSA) is 92.8 Å². The molecule has 2 aromatic rings. The molecular formula is C15H11I4NO4. The van der Waals surface area contributed by atoms with E-state index in [1.54, 1.807) is 6.07 Å². The summed E-state index contributed by atoms with van der Waals surface area (Å²) >= 11 is 8.39. The Hall–Kier alpha value is 0.390. The van der Waals surface area contributed by atoms with E-state index in [-0.39, 0.29) is 12.2 Å². The molecule has 0 aliphatic rings. The quantitative estimate of drug-likeness (QED) is 0.388. The van der Waals surface area contributed by atoms with E-state index in [0.29, 0.717) is 15.1 Å². The average molecular weight is 777 g/mol. The molecule has 24 heavy (non-hydrogen) atoms. The number of hydrogen-bond donors (Lipinski definition) is 3. The number of phenolic OH excluding ortho intramolecular Hbond substituents is 1. The van der Waals surface area contributed by atoms with Gasteiger partial charge in [0, 0.05) is 0 Å². The van der Waals surface area contributed by atoms with E-state index < -0.39 is 12.0 Å². The van der Waals surface area contributed by atoms with Crippen LogP contribution in [0.15, 0.2) is 24.3 Å². The van der Waals surface area contributed by atoms with Crippen LogP contribution >= 0.6 is 90.4 Å². The van der Waals surface area contributed by atoms with Crippen LogP contribution in [0, 0.1) is 14.3 Å². The van der Waals surface area contributed by atoms with Gasteiger partial charge in [-0.2, -0.15) is 0 Å². The van der Waals surface area contributed by atoms with Gasteiger partial charge in [-0.15, -0.1) is 0 Å². The van der Waals surface area contributed by atoms with E-state index in [1.807, 2.05) is 40.8 Å². The van der Waals surface area contributed by atoms with Crippen LogP contribution in [0.1, 0.15) is 5.56 Å². The lowest BCUT2D eigenvalue weighted by Crippen LogP contribution is -2.32. The van der Waals surface area contributed by atoms with Crippen LogP contribution in [0.25, 0.3) is 0 Å². The molecule has 4 N–H and O–H groups in total. The molecule has 0 saturated heterocycles. The van der Waals surface area contributed by atoms with Gasteiger partial charge in [-0.05, 0) is 127 Å². The zero-order valence-corrected chi connectivity index (χ0v) is 20.5. The Morgan fingerprint density at radius 1 is 1.12 bits per heavy atom. The summed E-state index contributed by atoms with van der Waals surface area (Å²) in [6.45, 7) is 0. The maximum absolute atomic E-state index is 10.9. The highest BCUT2D eigenvalue weighted by atomic mass is 127. The molecule has 0 amide bonds. The predicted octanol–water partition coefficient (Wildman–Crippen LogP) is 4.56. The molecule has 0 aliphatic heterocycles. The second kappa shape index (κ2) is 8.85. The molecule has 0 spiro atoms. The lowest BCUT2D eigenvalue weighted by molar-refractivity contribution is -0.138. The fourth-order valence-electron chi connectivity index (χ4n) is 1.88. The van der Waals surface area contributed by atoms with Gasteiger partial charge in [0.1, 0.15) is 17.5 Å². The van der Waals surface area contributed by atoms with E-state index in [2.05, 4.69) is 67.8 Å². The molecule has 0 bridgehead atoms. The van der Waals surface area contributed by atoms with Crippen LogP contribution < -0.4 is 10.5 Å². The van der Waals surface area contributed by atoms with Crippen molar-refractivity contribution >= 4 is 96.3 Å². The van der Waals surface area contributed by atoms with Crippen molar-refractivity contribution in [1.29, 1.82) is 0 Å². The van der Waals surface area contributed by atoms with Gasteiger partial charge in [0.05, 0.1) is 14.3 Å². The van der Waals surface area contributed by atoms with E-state index in [9.17, 15) is 9.90 Å². The Labute approximate surface area is 193 Å². The Bertz CT molecular complexity index is 774. The summed E-state index contributed by atoms with van der Waals surface area (Å²) in [7, 11) is 0. The minimum atomic E-state index is -1.02. The van der Waals surface area contributed by atoms with Crippen molar-refractivity contribution < 1.29 is 19.7 Å². The third kappa shape index (κ3) is 4.97. The molecule has 1 unspecified atom stereocenters. The van der Waals surface area contributed by atoms with Crippen LogP contribution in [-0.4, -0.2) is 22.2 Å².